The molecule has 1 aliphatic rings. The molecule has 1 aromatic heterocycles. The normalized spacial score (nSPS) is 19.5. The number of H-pyrrole nitrogens is 1. The standard InChI is InChI=1S/C9H6N2OS/c12-13-5-11-8-2-1-7-6(9(8)13)3-4-10-7/h1-5,10H. The molecule has 2 heterocycles. The van der Waals surface area contributed by atoms with Crippen molar-refractivity contribution in [1.29, 1.82) is 0 Å². The monoisotopic (exact) mass is 190 g/mol. The van der Waals surface area contributed by atoms with Crippen LogP contribution in [-0.2, 0) is 10.8 Å². The van der Waals surface area contributed by atoms with Crippen molar-refractivity contribution in [3.05, 3.63) is 24.4 Å². The minimum absolute atomic E-state index is 0.824. The maximum atomic E-state index is 11.5. The molecule has 0 radical (unpaired) electrons. The zero-order chi connectivity index (χ0) is 8.84. The Labute approximate surface area is 77.0 Å². The zero-order valence-electron chi connectivity index (χ0n) is 6.65. The van der Waals surface area contributed by atoms with Gasteiger partial charge in [0.25, 0.3) is 0 Å². The van der Waals surface area contributed by atoms with Crippen LogP contribution in [0.5, 0.6) is 0 Å². The van der Waals surface area contributed by atoms with Crippen molar-refractivity contribution in [2.24, 2.45) is 4.99 Å². The van der Waals surface area contributed by atoms with Gasteiger partial charge in [0, 0.05) is 17.1 Å². The summed E-state index contributed by atoms with van der Waals surface area (Å²) in [4.78, 5) is 7.98. The number of aromatic amines is 1. The summed E-state index contributed by atoms with van der Waals surface area (Å²) in [6, 6.07) is 5.77. The lowest BCUT2D eigenvalue weighted by molar-refractivity contribution is 0.691. The highest BCUT2D eigenvalue weighted by Gasteiger charge is 2.17. The van der Waals surface area contributed by atoms with Crippen LogP contribution < -0.4 is 0 Å². The van der Waals surface area contributed by atoms with Gasteiger partial charge < -0.3 is 4.98 Å². The molecule has 0 amide bonds. The summed E-state index contributed by atoms with van der Waals surface area (Å²) in [5, 5.41) is 1.01. The van der Waals surface area contributed by atoms with Crippen LogP contribution >= 0.6 is 0 Å². The smallest absolute Gasteiger partial charge is 0.0991 e. The van der Waals surface area contributed by atoms with Gasteiger partial charge in [-0.3, -0.25) is 0 Å². The number of hydrogen-bond acceptors (Lipinski definition) is 2. The average Bonchev–Trinajstić information content (AvgIpc) is 2.70. The lowest BCUT2D eigenvalue weighted by Gasteiger charge is -1.96. The Bertz CT molecular complexity index is 542. The number of aromatic nitrogens is 1. The number of aliphatic imine (C=N–C) groups is 1. The van der Waals surface area contributed by atoms with E-state index in [4.69, 9.17) is 0 Å². The number of benzene rings is 1. The first-order chi connectivity index (χ1) is 6.36. The van der Waals surface area contributed by atoms with Crippen LogP contribution in [0.1, 0.15) is 0 Å². The number of nitrogens with one attached hydrogen (secondary N) is 1. The molecule has 1 N–H and O–H groups in total. The summed E-state index contributed by atoms with van der Waals surface area (Å²) in [7, 11) is -1.06. The molecule has 0 bridgehead atoms. The van der Waals surface area contributed by atoms with Crippen LogP contribution in [0.3, 0.4) is 0 Å². The SMILES string of the molecule is O=S1C=Nc2ccc3[nH]ccc3c21. The molecule has 0 saturated heterocycles. The van der Waals surface area contributed by atoms with Crippen LogP contribution in [-0.4, -0.2) is 14.7 Å². The van der Waals surface area contributed by atoms with Crippen LogP contribution in [0.25, 0.3) is 10.9 Å². The predicted octanol–water partition coefficient (Wildman–Crippen LogP) is 1.95. The molecule has 1 unspecified atom stereocenters. The zero-order valence-corrected chi connectivity index (χ0v) is 7.47. The van der Waals surface area contributed by atoms with Gasteiger partial charge in [-0.05, 0) is 18.2 Å². The second kappa shape index (κ2) is 2.29. The first-order valence-corrected chi connectivity index (χ1v) is 5.12. The molecule has 4 heteroatoms. The van der Waals surface area contributed by atoms with Crippen LogP contribution in [0.15, 0.2) is 34.3 Å². The maximum Gasteiger partial charge on any atom is 0.0991 e. The molecule has 0 saturated carbocycles. The van der Waals surface area contributed by atoms with E-state index < -0.39 is 10.8 Å². The summed E-state index contributed by atoms with van der Waals surface area (Å²) in [6.07, 6.45) is 1.85. The lowest BCUT2D eigenvalue weighted by Crippen LogP contribution is -1.85. The largest absolute Gasteiger partial charge is 0.361 e. The lowest BCUT2D eigenvalue weighted by atomic mass is 10.2. The van der Waals surface area contributed by atoms with E-state index in [1.165, 1.54) is 5.55 Å². The highest BCUT2D eigenvalue weighted by atomic mass is 32.2. The molecule has 3 rings (SSSR count). The Morgan fingerprint density at radius 3 is 3.15 bits per heavy atom. The van der Waals surface area contributed by atoms with E-state index in [0.29, 0.717) is 0 Å². The van der Waals surface area contributed by atoms with Crippen molar-refractivity contribution in [3.8, 4) is 0 Å². The van der Waals surface area contributed by atoms with Crippen molar-refractivity contribution in [1.82, 2.24) is 4.98 Å². The Morgan fingerprint density at radius 1 is 1.31 bits per heavy atom. The summed E-state index contributed by atoms with van der Waals surface area (Å²) < 4.78 is 11.5. The number of hydrogen-bond donors (Lipinski definition) is 1. The maximum absolute atomic E-state index is 11.5. The summed E-state index contributed by atoms with van der Waals surface area (Å²) in [6.45, 7) is 0. The Balaban J connectivity index is 2.53. The van der Waals surface area contributed by atoms with Gasteiger partial charge in [-0.2, -0.15) is 0 Å². The average molecular weight is 190 g/mol. The first-order valence-electron chi connectivity index (χ1n) is 3.91. The minimum atomic E-state index is -1.06. The van der Waals surface area contributed by atoms with Crippen LogP contribution in [0, 0.1) is 0 Å². The Kier molecular flexibility index (Phi) is 1.24. The van der Waals surface area contributed by atoms with Gasteiger partial charge in [-0.15, -0.1) is 0 Å². The highest BCUT2D eigenvalue weighted by Crippen LogP contribution is 2.33. The van der Waals surface area contributed by atoms with E-state index in [9.17, 15) is 4.21 Å². The van der Waals surface area contributed by atoms with Crippen molar-refractivity contribution in [2.75, 3.05) is 0 Å². The topological polar surface area (TPSA) is 45.2 Å². The molecule has 2 aromatic rings. The van der Waals surface area contributed by atoms with Crippen molar-refractivity contribution >= 4 is 32.9 Å². The predicted molar refractivity (Wildman–Crippen MR) is 52.9 cm³/mol. The van der Waals surface area contributed by atoms with E-state index >= 15 is 0 Å². The third-order valence-corrected chi connectivity index (χ3v) is 3.28. The molecule has 0 fully saturated rings. The fraction of sp³-hybridized carbons (Fsp3) is 0. The minimum Gasteiger partial charge on any atom is -0.361 e. The van der Waals surface area contributed by atoms with Gasteiger partial charge in [0.05, 0.1) is 26.9 Å². The quantitative estimate of drug-likeness (QED) is 0.678. The second-order valence-electron chi connectivity index (χ2n) is 2.88. The van der Waals surface area contributed by atoms with Crippen LogP contribution in [0.4, 0.5) is 5.69 Å². The van der Waals surface area contributed by atoms with Crippen molar-refractivity contribution < 1.29 is 4.21 Å². The second-order valence-corrected chi connectivity index (χ2v) is 4.10. The van der Waals surface area contributed by atoms with Gasteiger partial charge >= 0.3 is 0 Å². The molecule has 0 aliphatic carbocycles. The van der Waals surface area contributed by atoms with E-state index in [-0.39, 0.29) is 0 Å². The fourth-order valence-corrected chi connectivity index (χ4v) is 2.60. The third-order valence-electron chi connectivity index (χ3n) is 2.15. The first kappa shape index (κ1) is 7.03. The van der Waals surface area contributed by atoms with E-state index in [0.717, 1.165) is 21.5 Å². The molecular weight excluding hydrogens is 184 g/mol. The van der Waals surface area contributed by atoms with Gasteiger partial charge in [-0.25, -0.2) is 9.20 Å². The van der Waals surface area contributed by atoms with Gasteiger partial charge in [0.1, 0.15) is 0 Å². The molecule has 0 spiro atoms. The number of rotatable bonds is 0. The van der Waals surface area contributed by atoms with Gasteiger partial charge in [0.15, 0.2) is 0 Å². The van der Waals surface area contributed by atoms with E-state index in [1.54, 1.807) is 0 Å². The van der Waals surface area contributed by atoms with Gasteiger partial charge in [-0.1, -0.05) is 0 Å². The molecule has 1 aliphatic heterocycles. The fourth-order valence-electron chi connectivity index (χ4n) is 1.56. The molecular formula is C9H6N2OS. The molecule has 1 aromatic carbocycles. The van der Waals surface area contributed by atoms with Crippen molar-refractivity contribution in [2.45, 2.75) is 4.90 Å². The Hall–Kier alpha value is -1.42. The highest BCUT2D eigenvalue weighted by molar-refractivity contribution is 7.99. The molecule has 13 heavy (non-hydrogen) atoms. The van der Waals surface area contributed by atoms with Crippen molar-refractivity contribution in [3.63, 3.8) is 0 Å². The summed E-state index contributed by atoms with van der Waals surface area (Å²) >= 11 is 0. The third kappa shape index (κ3) is 0.833. The number of fused-ring (bicyclic) bond motifs is 3. The summed E-state index contributed by atoms with van der Waals surface area (Å²) in [5.74, 6) is 0. The van der Waals surface area contributed by atoms with E-state index in [1.807, 2.05) is 24.4 Å². The molecule has 1 atom stereocenters. The molecule has 3 nitrogen and oxygen atoms in total. The Morgan fingerprint density at radius 2 is 2.23 bits per heavy atom. The molecule has 64 valence electrons. The number of nitrogens with zero attached hydrogens (tertiary/aromatic N) is 1. The summed E-state index contributed by atoms with van der Waals surface area (Å²) in [5.41, 5.74) is 3.32. The van der Waals surface area contributed by atoms with Crippen LogP contribution in [0.2, 0.25) is 0 Å². The van der Waals surface area contributed by atoms with E-state index in [2.05, 4.69) is 9.98 Å². The van der Waals surface area contributed by atoms with Gasteiger partial charge in [0.2, 0.25) is 0 Å².